The quantitative estimate of drug-likeness (QED) is 0.394. The Balaban J connectivity index is 2.20. The van der Waals surface area contributed by atoms with E-state index < -0.39 is 5.97 Å². The van der Waals surface area contributed by atoms with Gasteiger partial charge in [0, 0.05) is 5.56 Å². The monoisotopic (exact) mass is 337 g/mol. The summed E-state index contributed by atoms with van der Waals surface area (Å²) in [6, 6.07) is 13.9. The molecule has 0 atom stereocenters. The summed E-state index contributed by atoms with van der Waals surface area (Å²) < 4.78 is 12.4. The highest BCUT2D eigenvalue weighted by Crippen LogP contribution is 2.34. The van der Waals surface area contributed by atoms with Gasteiger partial charge in [0.2, 0.25) is 12.2 Å². The van der Waals surface area contributed by atoms with Crippen molar-refractivity contribution in [3.63, 3.8) is 0 Å². The van der Waals surface area contributed by atoms with E-state index in [2.05, 4.69) is 12.1 Å². The van der Waals surface area contributed by atoms with Crippen LogP contribution in [-0.2, 0) is 22.4 Å². The minimum absolute atomic E-state index is 0.176. The average molecular weight is 337 g/mol. The molecule has 1 aromatic carbocycles. The molecule has 3 aromatic rings. The van der Waals surface area contributed by atoms with E-state index in [1.807, 2.05) is 37.3 Å². The molecule has 0 amide bonds. The molecule has 0 saturated carbocycles. The predicted molar refractivity (Wildman–Crippen MR) is 94.3 cm³/mol. The zero-order chi connectivity index (χ0) is 17.8. The minimum Gasteiger partial charge on any atom is -0.495 e. The molecule has 0 N–H and O–H groups in total. The number of methoxy groups -OCH3 is 1. The molecule has 0 aliphatic heterocycles. The van der Waals surface area contributed by atoms with Crippen LogP contribution in [0, 0.1) is 0 Å². The van der Waals surface area contributed by atoms with Crippen LogP contribution in [-0.4, -0.2) is 23.8 Å². The summed E-state index contributed by atoms with van der Waals surface area (Å²) >= 11 is 0. The fraction of sp³-hybridized carbons (Fsp3) is 0.200. The highest BCUT2D eigenvalue weighted by Gasteiger charge is 2.21. The van der Waals surface area contributed by atoms with Crippen molar-refractivity contribution in [1.82, 2.24) is 4.40 Å². The number of fused-ring (bicyclic) bond motifs is 1. The normalized spacial score (nSPS) is 10.6. The number of ether oxygens (including phenoxy) is 2. The maximum absolute atomic E-state index is 11.6. The molecule has 0 bridgehead atoms. The van der Waals surface area contributed by atoms with Crippen molar-refractivity contribution in [2.24, 2.45) is 0 Å². The fourth-order valence-electron chi connectivity index (χ4n) is 3.04. The zero-order valence-electron chi connectivity index (χ0n) is 14.2. The van der Waals surface area contributed by atoms with Crippen molar-refractivity contribution in [3.8, 4) is 11.6 Å². The van der Waals surface area contributed by atoms with Gasteiger partial charge in [-0.1, -0.05) is 37.3 Å². The maximum Gasteiger partial charge on any atom is 0.377 e. The van der Waals surface area contributed by atoms with Gasteiger partial charge in [-0.05, 0) is 36.1 Å². The highest BCUT2D eigenvalue weighted by atomic mass is 16.5. The van der Waals surface area contributed by atoms with E-state index in [1.54, 1.807) is 17.7 Å². The number of pyridine rings is 1. The topological polar surface area (TPSA) is 57.0 Å². The number of aromatic nitrogens is 1. The van der Waals surface area contributed by atoms with E-state index in [0.717, 1.165) is 22.2 Å². The molecule has 5 nitrogen and oxygen atoms in total. The van der Waals surface area contributed by atoms with Crippen LogP contribution < -0.4 is 9.47 Å². The lowest BCUT2D eigenvalue weighted by atomic mass is 10.0. The van der Waals surface area contributed by atoms with E-state index in [-0.39, 0.29) is 6.29 Å². The van der Waals surface area contributed by atoms with Crippen LogP contribution in [0.1, 0.15) is 23.6 Å². The van der Waals surface area contributed by atoms with Gasteiger partial charge in [0.05, 0.1) is 18.8 Å². The third-order valence-electron chi connectivity index (χ3n) is 4.18. The third kappa shape index (κ3) is 3.26. The molecule has 0 spiro atoms. The number of hydrogen-bond donors (Lipinski definition) is 0. The fourth-order valence-corrected chi connectivity index (χ4v) is 3.04. The number of carbonyl (C=O) groups excluding carboxylic acids is 2. The second-order valence-electron chi connectivity index (χ2n) is 5.64. The Morgan fingerprint density at radius 2 is 1.88 bits per heavy atom. The Bertz CT molecular complexity index is 912. The van der Waals surface area contributed by atoms with Gasteiger partial charge in [-0.2, -0.15) is 0 Å². The zero-order valence-corrected chi connectivity index (χ0v) is 14.2. The van der Waals surface area contributed by atoms with Crippen LogP contribution in [0.5, 0.6) is 11.6 Å². The smallest absolute Gasteiger partial charge is 0.377 e. The number of nitrogens with zero attached hydrogens (tertiary/aromatic N) is 1. The van der Waals surface area contributed by atoms with Gasteiger partial charge in [-0.15, -0.1) is 0 Å². The van der Waals surface area contributed by atoms with Gasteiger partial charge in [0.15, 0.2) is 0 Å². The molecular weight excluding hydrogens is 318 g/mol. The van der Waals surface area contributed by atoms with Crippen LogP contribution >= 0.6 is 0 Å². The van der Waals surface area contributed by atoms with Crippen molar-refractivity contribution in [1.29, 1.82) is 0 Å². The number of hydrogen-bond acceptors (Lipinski definition) is 4. The molecule has 3 rings (SSSR count). The Labute approximate surface area is 145 Å². The number of rotatable bonds is 6. The summed E-state index contributed by atoms with van der Waals surface area (Å²) in [5.41, 5.74) is 4.07. The first kappa shape index (κ1) is 16.8. The lowest BCUT2D eigenvalue weighted by Crippen LogP contribution is -2.11. The van der Waals surface area contributed by atoms with Crippen molar-refractivity contribution >= 4 is 17.8 Å². The van der Waals surface area contributed by atoms with Crippen LogP contribution in [0.3, 0.4) is 0 Å². The van der Waals surface area contributed by atoms with Crippen LogP contribution in [0.2, 0.25) is 0 Å². The van der Waals surface area contributed by atoms with Crippen LogP contribution in [0.4, 0.5) is 0 Å². The molecule has 0 unspecified atom stereocenters. The van der Waals surface area contributed by atoms with Gasteiger partial charge < -0.3 is 9.47 Å². The van der Waals surface area contributed by atoms with Gasteiger partial charge in [0.1, 0.15) is 5.75 Å². The van der Waals surface area contributed by atoms with E-state index >= 15 is 0 Å². The SMILES string of the molecule is CCc1c(Cc2ccccc2)c2ccc(OC)cn2c1OC(=O)C=O. The molecule has 5 heteroatoms. The summed E-state index contributed by atoms with van der Waals surface area (Å²) in [6.45, 7) is 2.00. The number of aldehydes is 1. The first-order valence-electron chi connectivity index (χ1n) is 8.08. The highest BCUT2D eigenvalue weighted by molar-refractivity contribution is 6.21. The van der Waals surface area contributed by atoms with Crippen LogP contribution in [0.15, 0.2) is 48.7 Å². The van der Waals surface area contributed by atoms with Crippen molar-refractivity contribution < 1.29 is 19.1 Å². The molecule has 0 radical (unpaired) electrons. The lowest BCUT2D eigenvalue weighted by molar-refractivity contribution is -0.141. The largest absolute Gasteiger partial charge is 0.495 e. The van der Waals surface area contributed by atoms with Crippen molar-refractivity contribution in [3.05, 3.63) is 65.4 Å². The second-order valence-corrected chi connectivity index (χ2v) is 5.64. The average Bonchev–Trinajstić information content (AvgIpc) is 2.94. The molecule has 128 valence electrons. The van der Waals surface area contributed by atoms with Gasteiger partial charge in [0.25, 0.3) is 0 Å². The predicted octanol–water partition coefficient (Wildman–Crippen LogP) is 3.21. The third-order valence-corrected chi connectivity index (χ3v) is 4.18. The Morgan fingerprint density at radius 3 is 2.52 bits per heavy atom. The number of esters is 1. The Hall–Kier alpha value is -3.08. The number of benzene rings is 1. The molecule has 0 aliphatic rings. The first-order valence-corrected chi connectivity index (χ1v) is 8.08. The van der Waals surface area contributed by atoms with Gasteiger partial charge in [-0.25, -0.2) is 4.79 Å². The molecule has 2 heterocycles. The van der Waals surface area contributed by atoms with Crippen LogP contribution in [0.25, 0.3) is 5.52 Å². The molecule has 25 heavy (non-hydrogen) atoms. The standard InChI is InChI=1S/C20H19NO4/c1-3-16-17(11-14-7-5-4-6-8-14)18-10-9-15(24-2)12-21(18)20(16)25-19(23)13-22/h4-10,12-13H,3,11H2,1-2H3. The summed E-state index contributed by atoms with van der Waals surface area (Å²) in [5, 5.41) is 0. The second kappa shape index (κ2) is 7.21. The molecular formula is C20H19NO4. The first-order chi connectivity index (χ1) is 12.2. The minimum atomic E-state index is -0.914. The summed E-state index contributed by atoms with van der Waals surface area (Å²) in [6.07, 6.45) is 3.32. The molecule has 2 aromatic heterocycles. The van der Waals surface area contributed by atoms with E-state index in [9.17, 15) is 9.59 Å². The van der Waals surface area contributed by atoms with Gasteiger partial charge >= 0.3 is 5.97 Å². The molecule has 0 fully saturated rings. The maximum atomic E-state index is 11.6. The lowest BCUT2D eigenvalue weighted by Gasteiger charge is -2.05. The van der Waals surface area contributed by atoms with Crippen molar-refractivity contribution in [2.45, 2.75) is 19.8 Å². The summed E-state index contributed by atoms with van der Waals surface area (Å²) in [7, 11) is 1.58. The number of carbonyl (C=O) groups is 2. The Kier molecular flexibility index (Phi) is 4.84. The Morgan fingerprint density at radius 1 is 1.12 bits per heavy atom. The molecule has 0 aliphatic carbocycles. The summed E-state index contributed by atoms with van der Waals surface area (Å²) in [5.74, 6) is 0.0995. The molecule has 0 saturated heterocycles. The van der Waals surface area contributed by atoms with Gasteiger partial charge in [-0.3, -0.25) is 9.20 Å². The van der Waals surface area contributed by atoms with E-state index in [0.29, 0.717) is 24.5 Å². The van der Waals surface area contributed by atoms with E-state index in [4.69, 9.17) is 9.47 Å². The summed E-state index contributed by atoms with van der Waals surface area (Å²) in [4.78, 5) is 22.3. The van der Waals surface area contributed by atoms with E-state index in [1.165, 1.54) is 0 Å². The van der Waals surface area contributed by atoms with Crippen molar-refractivity contribution in [2.75, 3.05) is 7.11 Å².